The van der Waals surface area contributed by atoms with Crippen molar-refractivity contribution in [2.45, 2.75) is 51.0 Å². The Bertz CT molecular complexity index is 1420. The molecule has 0 unspecified atom stereocenters. The van der Waals surface area contributed by atoms with Crippen molar-refractivity contribution in [2.24, 2.45) is 10.7 Å². The Labute approximate surface area is 240 Å². The van der Waals surface area contributed by atoms with Crippen LogP contribution in [0.4, 0.5) is 16.4 Å². The van der Waals surface area contributed by atoms with Crippen molar-refractivity contribution in [3.05, 3.63) is 72.1 Å². The fourth-order valence-electron chi connectivity index (χ4n) is 5.26. The molecule has 2 heterocycles. The number of amides is 2. The second kappa shape index (κ2) is 11.2. The highest BCUT2D eigenvalue weighted by atomic mass is 16.6. The first kappa shape index (κ1) is 28.1. The monoisotopic (exact) mass is 555 g/mol. The van der Waals surface area contributed by atoms with Crippen LogP contribution < -0.4 is 16.4 Å². The second-order valence-corrected chi connectivity index (χ2v) is 11.6. The van der Waals surface area contributed by atoms with Gasteiger partial charge in [0.05, 0.1) is 5.41 Å². The molecule has 0 atom stereocenters. The molecule has 2 amide bonds. The van der Waals surface area contributed by atoms with Gasteiger partial charge in [-0.15, -0.1) is 0 Å². The molecule has 1 aliphatic carbocycles. The number of hydrogen-bond donors (Lipinski definition) is 2. The summed E-state index contributed by atoms with van der Waals surface area (Å²) in [5.41, 5.74) is 15.5. The van der Waals surface area contributed by atoms with Gasteiger partial charge in [0.15, 0.2) is 0 Å². The van der Waals surface area contributed by atoms with Gasteiger partial charge < -0.3 is 26.0 Å². The SMILES string of the molecule is CC(C)(C)OC(=O)N1CCN(c2ccc(C(=O)N=C(N)C3(c4ccc(-c5cnc(N)nc5)cc4)CCC3)cc2)CC1. The molecule has 2 aliphatic rings. The van der Waals surface area contributed by atoms with E-state index in [2.05, 4.69) is 19.9 Å². The minimum Gasteiger partial charge on any atom is -0.444 e. The van der Waals surface area contributed by atoms with E-state index in [-0.39, 0.29) is 17.9 Å². The van der Waals surface area contributed by atoms with Crippen molar-refractivity contribution in [1.82, 2.24) is 14.9 Å². The fourth-order valence-corrected chi connectivity index (χ4v) is 5.26. The Balaban J connectivity index is 1.23. The molecule has 0 bridgehead atoms. The highest BCUT2D eigenvalue weighted by Crippen LogP contribution is 2.44. The van der Waals surface area contributed by atoms with Crippen LogP contribution in [0.25, 0.3) is 11.1 Å². The molecule has 10 heteroatoms. The van der Waals surface area contributed by atoms with Crippen molar-refractivity contribution < 1.29 is 14.3 Å². The molecular formula is C31H37N7O3. The highest BCUT2D eigenvalue weighted by molar-refractivity contribution is 6.06. The molecule has 3 aromatic rings. The summed E-state index contributed by atoms with van der Waals surface area (Å²) in [5.74, 6) is 0.227. The van der Waals surface area contributed by atoms with E-state index in [1.165, 1.54) is 0 Å². The third-order valence-corrected chi connectivity index (χ3v) is 7.77. The summed E-state index contributed by atoms with van der Waals surface area (Å²) in [6.07, 6.45) is 5.81. The number of piperazine rings is 1. The molecule has 1 saturated carbocycles. The summed E-state index contributed by atoms with van der Waals surface area (Å²) in [6, 6.07) is 15.5. The Kier molecular flexibility index (Phi) is 7.66. The minimum absolute atomic E-state index is 0.236. The first-order valence-electron chi connectivity index (χ1n) is 13.9. The highest BCUT2D eigenvalue weighted by Gasteiger charge is 2.43. The number of aliphatic imine (C=N–C) groups is 1. The quantitative estimate of drug-likeness (QED) is 0.349. The topological polar surface area (TPSA) is 140 Å². The second-order valence-electron chi connectivity index (χ2n) is 11.6. The molecule has 5 rings (SSSR count). The van der Waals surface area contributed by atoms with Crippen LogP contribution in [0.15, 0.2) is 65.9 Å². The Morgan fingerprint density at radius 3 is 2.05 bits per heavy atom. The standard InChI is InChI=1S/C31H37N7O3/c1-30(2,3)41-29(40)38-17-15-37(16-18-38)25-11-7-22(8-12-25)26(39)36-27(32)31(13-4-14-31)24-9-5-21(6-10-24)23-19-34-28(33)35-20-23/h5-12,19-20H,4,13-18H2,1-3H3,(H2,32,36,39)(H2,33,34,35). The number of anilines is 2. The lowest BCUT2D eigenvalue weighted by atomic mass is 9.63. The van der Waals surface area contributed by atoms with Crippen LogP contribution in [0, 0.1) is 0 Å². The number of rotatable bonds is 5. The molecule has 10 nitrogen and oxygen atoms in total. The Hall–Kier alpha value is -4.47. The molecule has 2 fully saturated rings. The smallest absolute Gasteiger partial charge is 0.410 e. The first-order valence-corrected chi connectivity index (χ1v) is 13.9. The van der Waals surface area contributed by atoms with Gasteiger partial charge in [0.25, 0.3) is 5.91 Å². The van der Waals surface area contributed by atoms with Gasteiger partial charge in [-0.1, -0.05) is 30.7 Å². The summed E-state index contributed by atoms with van der Waals surface area (Å²) in [6.45, 7) is 8.12. The van der Waals surface area contributed by atoms with E-state index in [0.717, 1.165) is 41.6 Å². The number of nitrogen functional groups attached to an aromatic ring is 1. The number of benzene rings is 2. The number of nitrogens with zero attached hydrogens (tertiary/aromatic N) is 5. The van der Waals surface area contributed by atoms with Crippen LogP contribution in [0.2, 0.25) is 0 Å². The number of ether oxygens (including phenoxy) is 1. The molecule has 0 spiro atoms. The number of hydrogen-bond acceptors (Lipinski definition) is 7. The maximum absolute atomic E-state index is 13.1. The van der Waals surface area contributed by atoms with E-state index in [1.807, 2.05) is 57.2 Å². The van der Waals surface area contributed by atoms with Crippen LogP contribution in [-0.2, 0) is 10.2 Å². The van der Waals surface area contributed by atoms with E-state index in [4.69, 9.17) is 16.2 Å². The molecular weight excluding hydrogens is 518 g/mol. The predicted octanol–water partition coefficient (Wildman–Crippen LogP) is 4.40. The van der Waals surface area contributed by atoms with E-state index in [0.29, 0.717) is 37.6 Å². The van der Waals surface area contributed by atoms with Gasteiger partial charge in [0.2, 0.25) is 5.95 Å². The van der Waals surface area contributed by atoms with Gasteiger partial charge in [-0.3, -0.25) is 4.79 Å². The third kappa shape index (κ3) is 6.16. The molecule has 1 aromatic heterocycles. The van der Waals surface area contributed by atoms with Crippen molar-refractivity contribution in [3.8, 4) is 11.1 Å². The van der Waals surface area contributed by atoms with Crippen LogP contribution in [-0.4, -0.2) is 64.5 Å². The molecule has 41 heavy (non-hydrogen) atoms. The number of aromatic nitrogens is 2. The summed E-state index contributed by atoms with van der Waals surface area (Å²) in [7, 11) is 0. The van der Waals surface area contributed by atoms with E-state index in [9.17, 15) is 9.59 Å². The normalized spacial score (nSPS) is 17.1. The first-order chi connectivity index (χ1) is 19.5. The zero-order valence-electron chi connectivity index (χ0n) is 23.8. The van der Waals surface area contributed by atoms with Gasteiger partial charge in [-0.2, -0.15) is 4.99 Å². The van der Waals surface area contributed by atoms with Gasteiger partial charge in [0, 0.05) is 55.4 Å². The summed E-state index contributed by atoms with van der Waals surface area (Å²) in [5, 5.41) is 0. The van der Waals surface area contributed by atoms with Gasteiger partial charge >= 0.3 is 6.09 Å². The summed E-state index contributed by atoms with van der Waals surface area (Å²) < 4.78 is 5.48. The van der Waals surface area contributed by atoms with Crippen LogP contribution in [0.5, 0.6) is 0 Å². The maximum atomic E-state index is 13.1. The lowest BCUT2D eigenvalue weighted by Gasteiger charge is -2.41. The van der Waals surface area contributed by atoms with Gasteiger partial charge in [-0.05, 0) is 69.0 Å². The summed E-state index contributed by atoms with van der Waals surface area (Å²) in [4.78, 5) is 41.9. The van der Waals surface area contributed by atoms with E-state index >= 15 is 0 Å². The van der Waals surface area contributed by atoms with E-state index in [1.54, 1.807) is 29.4 Å². The molecule has 1 aliphatic heterocycles. The zero-order valence-corrected chi connectivity index (χ0v) is 23.8. The maximum Gasteiger partial charge on any atom is 0.410 e. The third-order valence-electron chi connectivity index (χ3n) is 7.77. The van der Waals surface area contributed by atoms with E-state index < -0.39 is 11.0 Å². The average molecular weight is 556 g/mol. The van der Waals surface area contributed by atoms with Crippen molar-refractivity contribution in [3.63, 3.8) is 0 Å². The molecule has 4 N–H and O–H groups in total. The summed E-state index contributed by atoms with van der Waals surface area (Å²) >= 11 is 0. The van der Waals surface area contributed by atoms with Crippen molar-refractivity contribution >= 4 is 29.5 Å². The van der Waals surface area contributed by atoms with Crippen LogP contribution in [0.3, 0.4) is 0 Å². The zero-order chi connectivity index (χ0) is 29.2. The van der Waals surface area contributed by atoms with Gasteiger partial charge in [0.1, 0.15) is 11.4 Å². The Morgan fingerprint density at radius 1 is 0.902 bits per heavy atom. The lowest BCUT2D eigenvalue weighted by Crippen LogP contribution is -2.50. The van der Waals surface area contributed by atoms with Crippen LogP contribution >= 0.6 is 0 Å². The lowest BCUT2D eigenvalue weighted by molar-refractivity contribution is 0.0240. The number of carbonyl (C=O) groups excluding carboxylic acids is 2. The molecule has 2 aromatic carbocycles. The fraction of sp³-hybridized carbons (Fsp3) is 0.387. The van der Waals surface area contributed by atoms with Crippen LogP contribution in [0.1, 0.15) is 56.0 Å². The molecule has 214 valence electrons. The molecule has 1 saturated heterocycles. The van der Waals surface area contributed by atoms with Crippen molar-refractivity contribution in [2.75, 3.05) is 36.8 Å². The number of carbonyl (C=O) groups is 2. The minimum atomic E-state index is -0.514. The Morgan fingerprint density at radius 2 is 1.51 bits per heavy atom. The predicted molar refractivity (Wildman–Crippen MR) is 160 cm³/mol. The largest absolute Gasteiger partial charge is 0.444 e. The number of nitrogens with two attached hydrogens (primary N) is 2. The molecule has 0 radical (unpaired) electrons. The van der Waals surface area contributed by atoms with Gasteiger partial charge in [-0.25, -0.2) is 14.8 Å². The number of amidine groups is 1. The van der Waals surface area contributed by atoms with Crippen molar-refractivity contribution in [1.29, 1.82) is 0 Å². The average Bonchev–Trinajstić information content (AvgIpc) is 2.92.